The first-order chi connectivity index (χ1) is 15.4. The maximum atomic E-state index is 12.2. The van der Waals surface area contributed by atoms with E-state index in [4.69, 9.17) is 31.8 Å². The van der Waals surface area contributed by atoms with Crippen LogP contribution in [0.2, 0.25) is 0 Å². The van der Waals surface area contributed by atoms with Crippen LogP contribution in [0.3, 0.4) is 0 Å². The van der Waals surface area contributed by atoms with Crippen molar-refractivity contribution in [2.75, 3.05) is 26.2 Å². The summed E-state index contributed by atoms with van der Waals surface area (Å²) in [6.07, 6.45) is -1.41. The minimum Gasteiger partial charge on any atom is -0.444 e. The van der Waals surface area contributed by atoms with E-state index in [1.807, 2.05) is 0 Å². The van der Waals surface area contributed by atoms with E-state index in [1.165, 1.54) is 0 Å². The highest BCUT2D eigenvalue weighted by molar-refractivity contribution is 6.17. The molecule has 192 valence electrons. The number of alkyl carbamates (subject to hydrolysis) is 2. The zero-order valence-electron chi connectivity index (χ0n) is 20.5. The van der Waals surface area contributed by atoms with Gasteiger partial charge in [0.05, 0.1) is 0 Å². The molecule has 1 fully saturated rings. The van der Waals surface area contributed by atoms with Crippen LogP contribution in [0.5, 0.6) is 0 Å². The van der Waals surface area contributed by atoms with E-state index in [9.17, 15) is 19.2 Å². The fourth-order valence-corrected chi connectivity index (χ4v) is 3.15. The SMILES string of the molecule is CC(C)(C)OC(=O)NCCN1C(=N)C(C(N)=O)N(CCNC(=O)OC(C)(C)C)C(=N)C1C(N)=O. The van der Waals surface area contributed by atoms with Crippen molar-refractivity contribution in [3.63, 3.8) is 0 Å². The van der Waals surface area contributed by atoms with Crippen molar-refractivity contribution in [2.24, 2.45) is 11.5 Å². The van der Waals surface area contributed by atoms with Crippen molar-refractivity contribution in [1.29, 1.82) is 10.8 Å². The fraction of sp³-hybridized carbons (Fsp3) is 0.700. The lowest BCUT2D eigenvalue weighted by Crippen LogP contribution is -2.71. The Labute approximate surface area is 198 Å². The first-order valence-corrected chi connectivity index (χ1v) is 10.7. The van der Waals surface area contributed by atoms with Crippen LogP contribution >= 0.6 is 0 Å². The second-order valence-electron chi connectivity index (χ2n) is 9.62. The molecule has 1 saturated heterocycles. The Morgan fingerprint density at radius 3 is 1.29 bits per heavy atom. The molecule has 2 unspecified atom stereocenters. The molecule has 34 heavy (non-hydrogen) atoms. The molecular weight excluding hydrogens is 448 g/mol. The largest absolute Gasteiger partial charge is 0.444 e. The van der Waals surface area contributed by atoms with E-state index in [0.29, 0.717) is 0 Å². The average Bonchev–Trinajstić information content (AvgIpc) is 2.61. The topological polar surface area (TPSA) is 217 Å². The summed E-state index contributed by atoms with van der Waals surface area (Å²) in [6.45, 7) is 9.84. The van der Waals surface area contributed by atoms with E-state index >= 15 is 0 Å². The molecule has 1 aliphatic rings. The molecular formula is C20H36N8O6. The monoisotopic (exact) mass is 484 g/mol. The summed E-state index contributed by atoms with van der Waals surface area (Å²) in [5.74, 6) is -2.59. The van der Waals surface area contributed by atoms with Crippen LogP contribution in [0.15, 0.2) is 0 Å². The third-order valence-corrected chi connectivity index (χ3v) is 4.34. The molecule has 8 N–H and O–H groups in total. The lowest BCUT2D eigenvalue weighted by atomic mass is 10.0. The molecule has 14 nitrogen and oxygen atoms in total. The number of nitrogens with zero attached hydrogens (tertiary/aromatic N) is 2. The van der Waals surface area contributed by atoms with Gasteiger partial charge in [0.2, 0.25) is 11.8 Å². The molecule has 0 aromatic heterocycles. The van der Waals surface area contributed by atoms with Gasteiger partial charge in [0.25, 0.3) is 0 Å². The molecule has 0 bridgehead atoms. The molecule has 1 heterocycles. The van der Waals surface area contributed by atoms with Gasteiger partial charge in [0.1, 0.15) is 22.9 Å². The van der Waals surface area contributed by atoms with Crippen molar-refractivity contribution in [2.45, 2.75) is 64.8 Å². The molecule has 14 heteroatoms. The van der Waals surface area contributed by atoms with E-state index in [1.54, 1.807) is 41.5 Å². The summed E-state index contributed by atoms with van der Waals surface area (Å²) in [6, 6.07) is -2.77. The summed E-state index contributed by atoms with van der Waals surface area (Å²) >= 11 is 0. The Morgan fingerprint density at radius 2 is 1.06 bits per heavy atom. The van der Waals surface area contributed by atoms with Gasteiger partial charge >= 0.3 is 12.2 Å². The van der Waals surface area contributed by atoms with Crippen molar-refractivity contribution in [3.8, 4) is 0 Å². The van der Waals surface area contributed by atoms with E-state index < -0.39 is 47.3 Å². The predicted molar refractivity (Wildman–Crippen MR) is 123 cm³/mol. The maximum absolute atomic E-state index is 12.2. The normalized spacial score (nSPS) is 18.9. The summed E-state index contributed by atoms with van der Waals surface area (Å²) in [5, 5.41) is 21.9. The molecule has 4 amide bonds. The standard InChI is InChI=1S/C20H36N8O6/c1-19(2,3)33-17(31)25-7-9-27-11(15(23)29)14(22)28(12(13(27)21)16(24)30)10-8-26-18(32)34-20(4,5)6/h11-12,21-22H,7-10H2,1-6H3,(H2,23,29)(H2,24,30)(H,25,31)(H,26,32). The number of amides is 4. The number of rotatable bonds is 8. The van der Waals surface area contributed by atoms with Gasteiger partial charge in [0.15, 0.2) is 12.1 Å². The number of nitrogens with one attached hydrogen (secondary N) is 4. The third-order valence-electron chi connectivity index (χ3n) is 4.34. The van der Waals surface area contributed by atoms with Crippen molar-refractivity contribution >= 4 is 35.7 Å². The van der Waals surface area contributed by atoms with Crippen LogP contribution in [0, 0.1) is 10.8 Å². The minimum absolute atomic E-state index is 0.0555. The van der Waals surface area contributed by atoms with Gasteiger partial charge in [-0.2, -0.15) is 0 Å². The van der Waals surface area contributed by atoms with Crippen LogP contribution in [-0.2, 0) is 19.1 Å². The highest BCUT2D eigenvalue weighted by Crippen LogP contribution is 2.19. The molecule has 1 rings (SSSR count). The van der Waals surface area contributed by atoms with E-state index in [-0.39, 0.29) is 37.9 Å². The highest BCUT2D eigenvalue weighted by Gasteiger charge is 2.46. The number of nitrogens with two attached hydrogens (primary N) is 2. The molecule has 1 aliphatic heterocycles. The Hall–Kier alpha value is -3.58. The van der Waals surface area contributed by atoms with Crippen molar-refractivity contribution in [3.05, 3.63) is 0 Å². The Morgan fingerprint density at radius 1 is 0.765 bits per heavy atom. The second kappa shape index (κ2) is 11.0. The number of carbonyl (C=O) groups excluding carboxylic acids is 4. The van der Waals surface area contributed by atoms with Gasteiger partial charge < -0.3 is 41.4 Å². The number of piperazine rings is 1. The third kappa shape index (κ3) is 8.41. The van der Waals surface area contributed by atoms with Crippen molar-refractivity contribution in [1.82, 2.24) is 20.4 Å². The predicted octanol–water partition coefficient (Wildman–Crippen LogP) is -0.684. The first kappa shape index (κ1) is 28.5. The Kier molecular flexibility index (Phi) is 9.23. The smallest absolute Gasteiger partial charge is 0.407 e. The van der Waals surface area contributed by atoms with E-state index in [0.717, 1.165) is 9.80 Å². The lowest BCUT2D eigenvalue weighted by molar-refractivity contribution is -0.123. The van der Waals surface area contributed by atoms with Gasteiger partial charge in [-0.3, -0.25) is 20.4 Å². The molecule has 0 aromatic carbocycles. The molecule has 2 atom stereocenters. The van der Waals surface area contributed by atoms with Crippen molar-refractivity contribution < 1.29 is 28.7 Å². The lowest BCUT2D eigenvalue weighted by Gasteiger charge is -2.46. The fourth-order valence-electron chi connectivity index (χ4n) is 3.15. The van der Waals surface area contributed by atoms with Gasteiger partial charge in [-0.05, 0) is 41.5 Å². The molecule has 0 saturated carbocycles. The minimum atomic E-state index is -1.38. The summed E-state index contributed by atoms with van der Waals surface area (Å²) in [5.41, 5.74) is 9.55. The van der Waals surface area contributed by atoms with Gasteiger partial charge in [-0.25, -0.2) is 9.59 Å². The van der Waals surface area contributed by atoms with Crippen LogP contribution in [0.1, 0.15) is 41.5 Å². The van der Waals surface area contributed by atoms with Gasteiger partial charge in [0, 0.05) is 26.2 Å². The van der Waals surface area contributed by atoms with E-state index in [2.05, 4.69) is 10.6 Å². The Balaban J connectivity index is 2.95. The number of ether oxygens (including phenoxy) is 2. The van der Waals surface area contributed by atoms with Gasteiger partial charge in [-0.15, -0.1) is 0 Å². The molecule has 0 aliphatic carbocycles. The molecule has 0 aromatic rings. The summed E-state index contributed by atoms with van der Waals surface area (Å²) in [4.78, 5) is 50.4. The quantitative estimate of drug-likeness (QED) is 0.258. The second-order valence-corrected chi connectivity index (χ2v) is 9.62. The number of amidine groups is 2. The number of carbonyl (C=O) groups is 4. The van der Waals surface area contributed by atoms with Crippen LogP contribution in [0.4, 0.5) is 9.59 Å². The Bertz CT molecular complexity index is 764. The van der Waals surface area contributed by atoms with Crippen LogP contribution in [0.25, 0.3) is 0 Å². The molecule has 0 spiro atoms. The van der Waals surface area contributed by atoms with Gasteiger partial charge in [-0.1, -0.05) is 0 Å². The zero-order chi connectivity index (χ0) is 26.4. The average molecular weight is 485 g/mol. The van der Waals surface area contributed by atoms with Crippen LogP contribution < -0.4 is 22.1 Å². The maximum Gasteiger partial charge on any atom is 0.407 e. The number of hydrogen-bond donors (Lipinski definition) is 6. The van der Waals surface area contributed by atoms with Crippen LogP contribution in [-0.4, -0.2) is 94.9 Å². The zero-order valence-corrected chi connectivity index (χ0v) is 20.5. The molecule has 0 radical (unpaired) electrons. The summed E-state index contributed by atoms with van der Waals surface area (Å²) in [7, 11) is 0. The summed E-state index contributed by atoms with van der Waals surface area (Å²) < 4.78 is 10.3. The highest BCUT2D eigenvalue weighted by atomic mass is 16.6. The number of primary amides is 2. The first-order valence-electron chi connectivity index (χ1n) is 10.7. The number of hydrogen-bond acceptors (Lipinski definition) is 8.